The van der Waals surface area contributed by atoms with Gasteiger partial charge in [0.25, 0.3) is 0 Å². The van der Waals surface area contributed by atoms with Crippen molar-refractivity contribution in [2.75, 3.05) is 0 Å². The van der Waals surface area contributed by atoms with Crippen LogP contribution in [0.5, 0.6) is 0 Å². The van der Waals surface area contributed by atoms with Gasteiger partial charge in [0, 0.05) is 60.3 Å². The average molecular weight is 790 g/mol. The Morgan fingerprint density at radius 2 is 0.871 bits per heavy atom. The maximum atomic E-state index is 5.46. The maximum Gasteiger partial charge on any atom is 0.160 e. The molecular formula is C57H35N5. The normalized spacial score (nSPS) is 11.9. The molecule has 5 heteroatoms. The first kappa shape index (κ1) is 34.5. The first-order valence-electron chi connectivity index (χ1n) is 21.0. The molecule has 0 radical (unpaired) electrons. The van der Waals surface area contributed by atoms with Gasteiger partial charge in [-0.05, 0) is 53.4 Å². The number of pyridine rings is 1. The molecule has 62 heavy (non-hydrogen) atoms. The van der Waals surface area contributed by atoms with Crippen LogP contribution in [0.1, 0.15) is 0 Å². The quantitative estimate of drug-likeness (QED) is 0.169. The summed E-state index contributed by atoms with van der Waals surface area (Å²) in [5.41, 5.74) is 15.8. The maximum absolute atomic E-state index is 5.46. The van der Waals surface area contributed by atoms with Crippen LogP contribution in [0.25, 0.3) is 122 Å². The van der Waals surface area contributed by atoms with E-state index in [0.29, 0.717) is 5.82 Å². The van der Waals surface area contributed by atoms with Gasteiger partial charge in [-0.3, -0.25) is 0 Å². The molecule has 0 N–H and O–H groups in total. The van der Waals surface area contributed by atoms with Crippen LogP contribution in [-0.2, 0) is 0 Å². The van der Waals surface area contributed by atoms with Gasteiger partial charge in [0.05, 0.1) is 39.1 Å². The molecule has 0 unspecified atom stereocenters. The molecular weight excluding hydrogens is 755 g/mol. The molecule has 0 spiro atoms. The highest BCUT2D eigenvalue weighted by molar-refractivity contribution is 6.24. The summed E-state index contributed by atoms with van der Waals surface area (Å²) in [5, 5.41) is 12.7. The number of rotatable bonds is 6. The molecule has 13 rings (SSSR count). The van der Waals surface area contributed by atoms with Crippen LogP contribution >= 0.6 is 0 Å². The van der Waals surface area contributed by atoms with Gasteiger partial charge in [-0.15, -0.1) is 0 Å². The fraction of sp³-hybridized carbons (Fsp3) is 0. The lowest BCUT2D eigenvalue weighted by atomic mass is 9.96. The predicted octanol–water partition coefficient (Wildman–Crippen LogP) is 14.4. The van der Waals surface area contributed by atoms with Crippen molar-refractivity contribution in [1.29, 1.82) is 0 Å². The van der Waals surface area contributed by atoms with Crippen LogP contribution < -0.4 is 0 Å². The molecule has 0 saturated carbocycles. The summed E-state index contributed by atoms with van der Waals surface area (Å²) < 4.78 is 4.57. The molecule has 13 aromatic rings. The topological polar surface area (TPSA) is 47.5 Å². The molecule has 0 aliphatic carbocycles. The molecule has 0 aliphatic rings. The third kappa shape index (κ3) is 5.25. The first-order chi connectivity index (χ1) is 30.7. The van der Waals surface area contributed by atoms with Crippen LogP contribution in [0.2, 0.25) is 0 Å². The van der Waals surface area contributed by atoms with Gasteiger partial charge in [-0.25, -0.2) is 14.5 Å². The Hall–Kier alpha value is -8.41. The minimum Gasteiger partial charge on any atom is -0.308 e. The third-order valence-electron chi connectivity index (χ3n) is 12.4. The molecule has 5 nitrogen and oxygen atoms in total. The molecule has 5 heterocycles. The van der Waals surface area contributed by atoms with E-state index < -0.39 is 0 Å². The number of nitrogens with zero attached hydrogens (tertiary/aromatic N) is 5. The average Bonchev–Trinajstić information content (AvgIpc) is 4.03. The highest BCUT2D eigenvalue weighted by Crippen LogP contribution is 2.44. The van der Waals surface area contributed by atoms with Crippen molar-refractivity contribution in [3.8, 4) is 67.5 Å². The fourth-order valence-electron chi connectivity index (χ4n) is 9.66. The van der Waals surface area contributed by atoms with E-state index in [-0.39, 0.29) is 0 Å². The van der Waals surface area contributed by atoms with E-state index in [0.717, 1.165) is 78.0 Å². The second kappa shape index (κ2) is 13.6. The molecule has 0 atom stereocenters. The smallest absolute Gasteiger partial charge is 0.160 e. The molecule has 5 aromatic heterocycles. The van der Waals surface area contributed by atoms with E-state index in [9.17, 15) is 0 Å². The molecule has 8 aromatic carbocycles. The third-order valence-corrected chi connectivity index (χ3v) is 12.4. The predicted molar refractivity (Wildman–Crippen MR) is 256 cm³/mol. The van der Waals surface area contributed by atoms with E-state index in [1.165, 1.54) is 38.1 Å². The number of hydrogen-bond acceptors (Lipinski definition) is 3. The zero-order valence-corrected chi connectivity index (χ0v) is 33.4. The van der Waals surface area contributed by atoms with Crippen molar-refractivity contribution in [2.45, 2.75) is 0 Å². The van der Waals surface area contributed by atoms with E-state index in [2.05, 4.69) is 203 Å². The zero-order chi connectivity index (χ0) is 40.7. The Balaban J connectivity index is 1.04. The van der Waals surface area contributed by atoms with Gasteiger partial charge in [-0.1, -0.05) is 170 Å². The minimum absolute atomic E-state index is 0.683. The summed E-state index contributed by atoms with van der Waals surface area (Å²) in [6, 6.07) is 75.3. The van der Waals surface area contributed by atoms with E-state index in [1.54, 1.807) is 0 Å². The molecule has 0 saturated heterocycles. The van der Waals surface area contributed by atoms with E-state index in [4.69, 9.17) is 15.1 Å². The monoisotopic (exact) mass is 789 g/mol. The summed E-state index contributed by atoms with van der Waals surface area (Å²) >= 11 is 0. The van der Waals surface area contributed by atoms with Gasteiger partial charge in [0.2, 0.25) is 0 Å². The van der Waals surface area contributed by atoms with E-state index >= 15 is 0 Å². The summed E-state index contributed by atoms with van der Waals surface area (Å²) in [6.07, 6.45) is 0. The van der Waals surface area contributed by atoms with Crippen LogP contribution in [0.3, 0.4) is 0 Å². The number of fused-ring (bicyclic) bond motifs is 9. The molecule has 288 valence electrons. The van der Waals surface area contributed by atoms with Crippen molar-refractivity contribution >= 4 is 54.4 Å². The zero-order valence-electron chi connectivity index (χ0n) is 33.4. The summed E-state index contributed by atoms with van der Waals surface area (Å²) in [6.45, 7) is 0. The van der Waals surface area contributed by atoms with Crippen LogP contribution in [0, 0.1) is 0 Å². The number of aromatic nitrogens is 5. The molecule has 0 bridgehead atoms. The Bertz CT molecular complexity index is 3760. The van der Waals surface area contributed by atoms with E-state index in [1.807, 2.05) is 18.2 Å². The Morgan fingerprint density at radius 3 is 1.55 bits per heavy atom. The lowest BCUT2D eigenvalue weighted by molar-refractivity contribution is 0.979. The summed E-state index contributed by atoms with van der Waals surface area (Å²) in [7, 11) is 0. The first-order valence-corrected chi connectivity index (χ1v) is 21.0. The molecule has 0 aliphatic heterocycles. The second-order valence-electron chi connectivity index (χ2n) is 16.0. The van der Waals surface area contributed by atoms with Crippen molar-refractivity contribution in [3.05, 3.63) is 212 Å². The standard InChI is InChI=1S/C57H35N5/c1-4-17-36(18-5-1)53-54(37-19-6-2-7-20-37)60-62-52(34-39-23-10-11-26-43(39)56(53)62)41-25-16-24-40(31-41)48-35-49(59-57(58-48)38-21-8-3-9-22-38)42-32-46-44-27-12-14-29-50(44)61-51-30-15-13-28-45(51)47(33-42)55(46)61/h1-35H. The van der Waals surface area contributed by atoms with Crippen molar-refractivity contribution in [1.82, 2.24) is 24.0 Å². The number of hydrogen-bond donors (Lipinski definition) is 0. The minimum atomic E-state index is 0.683. The largest absolute Gasteiger partial charge is 0.308 e. The van der Waals surface area contributed by atoms with Crippen LogP contribution in [-0.4, -0.2) is 24.0 Å². The van der Waals surface area contributed by atoms with Gasteiger partial charge in [-0.2, -0.15) is 5.10 Å². The highest BCUT2D eigenvalue weighted by atomic mass is 15.2. The van der Waals surface area contributed by atoms with Crippen molar-refractivity contribution in [3.63, 3.8) is 0 Å². The van der Waals surface area contributed by atoms with Crippen molar-refractivity contribution < 1.29 is 0 Å². The molecule has 0 fully saturated rings. The van der Waals surface area contributed by atoms with Gasteiger partial charge in [0.15, 0.2) is 5.82 Å². The Morgan fingerprint density at radius 1 is 0.339 bits per heavy atom. The second-order valence-corrected chi connectivity index (χ2v) is 16.0. The Labute approximate surface area is 356 Å². The molecule has 0 amide bonds. The fourth-order valence-corrected chi connectivity index (χ4v) is 9.66. The number of para-hydroxylation sites is 2. The SMILES string of the molecule is c1ccc(-c2nc(-c3cccc(-c4cc5ccccc5c5c(-c6ccccc6)c(-c6ccccc6)nn45)c3)cc(-c3cc4c5ccccc5n5c6ccccc6c(c3)c45)n2)cc1. The van der Waals surface area contributed by atoms with Gasteiger partial charge >= 0.3 is 0 Å². The Kier molecular flexibility index (Phi) is 7.54. The van der Waals surface area contributed by atoms with Crippen molar-refractivity contribution in [2.24, 2.45) is 0 Å². The van der Waals surface area contributed by atoms with Crippen LogP contribution in [0.15, 0.2) is 212 Å². The van der Waals surface area contributed by atoms with Gasteiger partial charge < -0.3 is 4.40 Å². The highest BCUT2D eigenvalue weighted by Gasteiger charge is 2.23. The number of benzene rings is 8. The van der Waals surface area contributed by atoms with Crippen LogP contribution in [0.4, 0.5) is 0 Å². The van der Waals surface area contributed by atoms with Gasteiger partial charge in [0.1, 0.15) is 5.69 Å². The summed E-state index contributed by atoms with van der Waals surface area (Å²) in [5.74, 6) is 0.683. The summed E-state index contributed by atoms with van der Waals surface area (Å²) in [4.78, 5) is 10.6. The lowest BCUT2D eigenvalue weighted by Gasteiger charge is -2.13. The lowest BCUT2D eigenvalue weighted by Crippen LogP contribution is -1.98.